The first-order valence-corrected chi connectivity index (χ1v) is 4.24. The minimum Gasteiger partial charge on any atom is -0.370 e. The first kappa shape index (κ1) is 10.6. The second kappa shape index (κ2) is 4.17. The van der Waals surface area contributed by atoms with Gasteiger partial charge in [0.1, 0.15) is 0 Å². The molecule has 0 bridgehead atoms. The molecular formula is C10H11F2NO. The Morgan fingerprint density at radius 1 is 1.43 bits per heavy atom. The molecule has 76 valence electrons. The molecule has 0 spiro atoms. The van der Waals surface area contributed by atoms with Gasteiger partial charge in [0.25, 0.3) is 0 Å². The van der Waals surface area contributed by atoms with Crippen molar-refractivity contribution in [3.05, 3.63) is 35.4 Å². The van der Waals surface area contributed by atoms with Crippen molar-refractivity contribution in [1.82, 2.24) is 0 Å². The molecule has 0 fully saturated rings. The van der Waals surface area contributed by atoms with Gasteiger partial charge in [-0.3, -0.25) is 4.79 Å². The van der Waals surface area contributed by atoms with E-state index in [-0.39, 0.29) is 12.3 Å². The summed E-state index contributed by atoms with van der Waals surface area (Å²) in [4.78, 5) is 10.6. The molecule has 0 aromatic heterocycles. The van der Waals surface area contributed by atoms with Crippen LogP contribution in [0.5, 0.6) is 0 Å². The maximum atomic E-state index is 12.8. The lowest BCUT2D eigenvalue weighted by atomic mass is 9.97. The predicted molar refractivity (Wildman–Crippen MR) is 48.6 cm³/mol. The zero-order chi connectivity index (χ0) is 10.7. The highest BCUT2D eigenvalue weighted by Gasteiger charge is 2.11. The largest absolute Gasteiger partial charge is 0.370 e. The maximum absolute atomic E-state index is 12.8. The van der Waals surface area contributed by atoms with E-state index in [1.165, 1.54) is 6.07 Å². The summed E-state index contributed by atoms with van der Waals surface area (Å²) in [6.45, 7) is 1.73. The molecule has 2 N–H and O–H groups in total. The fraction of sp³-hybridized carbons (Fsp3) is 0.300. The van der Waals surface area contributed by atoms with Crippen LogP contribution in [0.25, 0.3) is 0 Å². The number of rotatable bonds is 3. The summed E-state index contributed by atoms with van der Waals surface area (Å²) in [6, 6.07) is 3.58. The van der Waals surface area contributed by atoms with Crippen molar-refractivity contribution in [1.29, 1.82) is 0 Å². The Kier molecular flexibility index (Phi) is 3.17. The van der Waals surface area contributed by atoms with Gasteiger partial charge in [0.2, 0.25) is 5.91 Å². The molecule has 1 atom stereocenters. The maximum Gasteiger partial charge on any atom is 0.218 e. The lowest BCUT2D eigenvalue weighted by Crippen LogP contribution is -2.13. The third-order valence-corrected chi connectivity index (χ3v) is 2.02. The van der Waals surface area contributed by atoms with Crippen LogP contribution in [0.4, 0.5) is 8.78 Å². The predicted octanol–water partition coefficient (Wildman–Crippen LogP) is 1.94. The van der Waals surface area contributed by atoms with Crippen molar-refractivity contribution < 1.29 is 13.6 Å². The standard InChI is InChI=1S/C10H11F2NO/c1-6(4-10(13)14)7-2-3-8(11)9(12)5-7/h2-3,5-6H,4H2,1H3,(H2,13,14). The van der Waals surface area contributed by atoms with E-state index in [1.807, 2.05) is 0 Å². The minimum atomic E-state index is -0.904. The van der Waals surface area contributed by atoms with Crippen LogP contribution < -0.4 is 5.73 Å². The molecule has 2 nitrogen and oxygen atoms in total. The van der Waals surface area contributed by atoms with Crippen LogP contribution in [0.1, 0.15) is 24.8 Å². The van der Waals surface area contributed by atoms with Gasteiger partial charge in [0.15, 0.2) is 11.6 Å². The molecule has 1 unspecified atom stereocenters. The minimum absolute atomic E-state index is 0.130. The Bertz CT molecular complexity index is 352. The number of hydrogen-bond acceptors (Lipinski definition) is 1. The smallest absolute Gasteiger partial charge is 0.218 e. The quantitative estimate of drug-likeness (QED) is 0.794. The average Bonchev–Trinajstić information content (AvgIpc) is 2.08. The van der Waals surface area contributed by atoms with E-state index in [0.717, 1.165) is 12.1 Å². The zero-order valence-electron chi connectivity index (χ0n) is 7.76. The highest BCUT2D eigenvalue weighted by atomic mass is 19.2. The third kappa shape index (κ3) is 2.52. The first-order valence-electron chi connectivity index (χ1n) is 4.24. The monoisotopic (exact) mass is 199 g/mol. The normalized spacial score (nSPS) is 12.5. The molecule has 1 aromatic rings. The zero-order valence-corrected chi connectivity index (χ0v) is 7.76. The van der Waals surface area contributed by atoms with Crippen molar-refractivity contribution in [2.75, 3.05) is 0 Å². The van der Waals surface area contributed by atoms with Crippen molar-refractivity contribution in [3.63, 3.8) is 0 Å². The van der Waals surface area contributed by atoms with E-state index >= 15 is 0 Å². The highest BCUT2D eigenvalue weighted by Crippen LogP contribution is 2.20. The fourth-order valence-electron chi connectivity index (χ4n) is 1.24. The van der Waals surface area contributed by atoms with Crippen LogP contribution >= 0.6 is 0 Å². The van der Waals surface area contributed by atoms with E-state index in [9.17, 15) is 13.6 Å². The van der Waals surface area contributed by atoms with Crippen molar-refractivity contribution in [3.8, 4) is 0 Å². The number of nitrogens with two attached hydrogens (primary N) is 1. The van der Waals surface area contributed by atoms with Gasteiger partial charge in [-0.15, -0.1) is 0 Å². The van der Waals surface area contributed by atoms with E-state index in [0.29, 0.717) is 5.56 Å². The fourth-order valence-corrected chi connectivity index (χ4v) is 1.24. The molecule has 0 aliphatic heterocycles. The van der Waals surface area contributed by atoms with Crippen LogP contribution in [0.2, 0.25) is 0 Å². The van der Waals surface area contributed by atoms with Gasteiger partial charge < -0.3 is 5.73 Å². The summed E-state index contributed by atoms with van der Waals surface area (Å²) in [5.41, 5.74) is 5.56. The summed E-state index contributed by atoms with van der Waals surface area (Å²) in [7, 11) is 0. The molecule has 0 heterocycles. The van der Waals surface area contributed by atoms with Crippen LogP contribution in [-0.2, 0) is 4.79 Å². The lowest BCUT2D eigenvalue weighted by molar-refractivity contribution is -0.118. The van der Waals surface area contributed by atoms with Crippen LogP contribution in [0, 0.1) is 11.6 Å². The van der Waals surface area contributed by atoms with E-state index < -0.39 is 17.5 Å². The Morgan fingerprint density at radius 2 is 2.07 bits per heavy atom. The molecule has 0 saturated heterocycles. The van der Waals surface area contributed by atoms with E-state index in [4.69, 9.17) is 5.73 Å². The second-order valence-electron chi connectivity index (χ2n) is 3.25. The molecule has 0 saturated carbocycles. The second-order valence-corrected chi connectivity index (χ2v) is 3.25. The van der Waals surface area contributed by atoms with Gasteiger partial charge in [-0.25, -0.2) is 8.78 Å². The molecule has 14 heavy (non-hydrogen) atoms. The number of hydrogen-bond donors (Lipinski definition) is 1. The third-order valence-electron chi connectivity index (χ3n) is 2.02. The average molecular weight is 199 g/mol. The number of carbonyl (C=O) groups is 1. The number of halogens is 2. The molecule has 1 rings (SSSR count). The van der Waals surface area contributed by atoms with Gasteiger partial charge in [-0.2, -0.15) is 0 Å². The molecule has 0 aliphatic rings. The molecular weight excluding hydrogens is 188 g/mol. The Labute approximate surface area is 80.7 Å². The van der Waals surface area contributed by atoms with Crippen molar-refractivity contribution in [2.45, 2.75) is 19.3 Å². The van der Waals surface area contributed by atoms with E-state index in [1.54, 1.807) is 6.92 Å². The van der Waals surface area contributed by atoms with Gasteiger partial charge in [0, 0.05) is 6.42 Å². The molecule has 0 radical (unpaired) electrons. The first-order chi connectivity index (χ1) is 6.50. The van der Waals surface area contributed by atoms with Crippen LogP contribution in [0.3, 0.4) is 0 Å². The summed E-state index contributed by atoms with van der Waals surface area (Å²) in [5, 5.41) is 0. The Balaban J connectivity index is 2.85. The van der Waals surface area contributed by atoms with Crippen molar-refractivity contribution in [2.24, 2.45) is 5.73 Å². The number of primary amides is 1. The number of amides is 1. The summed E-state index contributed by atoms with van der Waals surface area (Å²) in [5.74, 6) is -2.44. The molecule has 4 heteroatoms. The lowest BCUT2D eigenvalue weighted by Gasteiger charge is -2.09. The number of carbonyl (C=O) groups excluding carboxylic acids is 1. The van der Waals surface area contributed by atoms with E-state index in [2.05, 4.69) is 0 Å². The van der Waals surface area contributed by atoms with Gasteiger partial charge in [-0.05, 0) is 23.6 Å². The van der Waals surface area contributed by atoms with Gasteiger partial charge in [0.05, 0.1) is 0 Å². The summed E-state index contributed by atoms with van der Waals surface area (Å²) >= 11 is 0. The Morgan fingerprint density at radius 3 is 2.57 bits per heavy atom. The van der Waals surface area contributed by atoms with Crippen molar-refractivity contribution >= 4 is 5.91 Å². The van der Waals surface area contributed by atoms with Crippen LogP contribution in [-0.4, -0.2) is 5.91 Å². The highest BCUT2D eigenvalue weighted by molar-refractivity contribution is 5.74. The molecule has 1 aromatic carbocycles. The number of benzene rings is 1. The summed E-state index contributed by atoms with van der Waals surface area (Å²) < 4.78 is 25.3. The van der Waals surface area contributed by atoms with Gasteiger partial charge >= 0.3 is 0 Å². The molecule has 0 aliphatic carbocycles. The SMILES string of the molecule is CC(CC(N)=O)c1ccc(F)c(F)c1. The summed E-state index contributed by atoms with van der Waals surface area (Å²) in [6.07, 6.45) is 0.130. The van der Waals surface area contributed by atoms with Gasteiger partial charge in [-0.1, -0.05) is 13.0 Å². The van der Waals surface area contributed by atoms with Crippen LogP contribution in [0.15, 0.2) is 18.2 Å². The molecule has 1 amide bonds. The Hall–Kier alpha value is -1.45. The topological polar surface area (TPSA) is 43.1 Å².